The van der Waals surface area contributed by atoms with Crippen LogP contribution < -0.4 is 10.1 Å². The minimum atomic E-state index is 0.0122. The Morgan fingerprint density at radius 3 is 2.43 bits per heavy atom. The zero-order chi connectivity index (χ0) is 21.3. The van der Waals surface area contributed by atoms with Gasteiger partial charge in [-0.25, -0.2) is 9.97 Å². The number of aryl methyl sites for hydroxylation is 2. The summed E-state index contributed by atoms with van der Waals surface area (Å²) in [5, 5.41) is 3.74. The van der Waals surface area contributed by atoms with Gasteiger partial charge >= 0.3 is 0 Å². The van der Waals surface area contributed by atoms with Crippen molar-refractivity contribution in [3.8, 4) is 5.75 Å². The second-order valence-corrected chi connectivity index (χ2v) is 7.66. The quantitative estimate of drug-likeness (QED) is 0.414. The standard InChI is InChI=1S/C23H26N4O2S/c1-16-21(17(2)27-23(26-16)30-3)11-12-22(28)25-14-18-7-9-20(10-8-18)29-15-19-6-4-5-13-24-19/h4-10,13H,11-12,14-15H2,1-3H3,(H,25,28). The molecule has 0 fully saturated rings. The van der Waals surface area contributed by atoms with Crippen molar-refractivity contribution in [3.05, 3.63) is 76.9 Å². The number of pyridine rings is 1. The Labute approximate surface area is 181 Å². The lowest BCUT2D eigenvalue weighted by Gasteiger charge is -2.11. The summed E-state index contributed by atoms with van der Waals surface area (Å²) in [6.07, 6.45) is 4.76. The predicted octanol–water partition coefficient (Wildman–Crippen LogP) is 4.04. The third-order valence-electron chi connectivity index (χ3n) is 4.71. The topological polar surface area (TPSA) is 77.0 Å². The third-order valence-corrected chi connectivity index (χ3v) is 5.26. The predicted molar refractivity (Wildman–Crippen MR) is 118 cm³/mol. The summed E-state index contributed by atoms with van der Waals surface area (Å²) < 4.78 is 5.74. The molecule has 7 heteroatoms. The molecule has 3 rings (SSSR count). The van der Waals surface area contributed by atoms with E-state index in [0.717, 1.165) is 39.1 Å². The van der Waals surface area contributed by atoms with Crippen LogP contribution >= 0.6 is 11.8 Å². The van der Waals surface area contributed by atoms with Crippen LogP contribution in [0.15, 0.2) is 53.8 Å². The SMILES string of the molecule is CSc1nc(C)c(CCC(=O)NCc2ccc(OCc3ccccn3)cc2)c(C)n1. The maximum Gasteiger partial charge on any atom is 0.220 e. The van der Waals surface area contributed by atoms with E-state index >= 15 is 0 Å². The normalized spacial score (nSPS) is 10.6. The molecule has 1 amide bonds. The van der Waals surface area contributed by atoms with Crippen molar-refractivity contribution in [2.45, 2.75) is 45.0 Å². The van der Waals surface area contributed by atoms with Crippen LogP contribution in [0.5, 0.6) is 5.75 Å². The van der Waals surface area contributed by atoms with Gasteiger partial charge in [-0.05, 0) is 61.9 Å². The summed E-state index contributed by atoms with van der Waals surface area (Å²) in [4.78, 5) is 25.5. The summed E-state index contributed by atoms with van der Waals surface area (Å²) in [5.41, 5.74) is 4.85. The fraction of sp³-hybridized carbons (Fsp3) is 0.304. The minimum absolute atomic E-state index is 0.0122. The average Bonchev–Trinajstić information content (AvgIpc) is 2.77. The molecule has 30 heavy (non-hydrogen) atoms. The van der Waals surface area contributed by atoms with Crippen LogP contribution in [-0.2, 0) is 24.4 Å². The van der Waals surface area contributed by atoms with E-state index in [1.807, 2.05) is 62.6 Å². The van der Waals surface area contributed by atoms with Crippen LogP contribution in [0.4, 0.5) is 0 Å². The highest BCUT2D eigenvalue weighted by atomic mass is 32.2. The van der Waals surface area contributed by atoms with E-state index in [2.05, 4.69) is 20.3 Å². The second-order valence-electron chi connectivity index (χ2n) is 6.89. The summed E-state index contributed by atoms with van der Waals surface area (Å²) >= 11 is 1.53. The number of thioether (sulfide) groups is 1. The highest BCUT2D eigenvalue weighted by molar-refractivity contribution is 7.98. The molecule has 156 valence electrons. The fourth-order valence-corrected chi connectivity index (χ4v) is 3.49. The second kappa shape index (κ2) is 10.7. The van der Waals surface area contributed by atoms with Crippen molar-refractivity contribution in [1.29, 1.82) is 0 Å². The summed E-state index contributed by atoms with van der Waals surface area (Å²) in [6, 6.07) is 13.5. The Morgan fingerprint density at radius 2 is 1.80 bits per heavy atom. The van der Waals surface area contributed by atoms with E-state index in [1.165, 1.54) is 11.8 Å². The van der Waals surface area contributed by atoms with Gasteiger partial charge in [0, 0.05) is 30.6 Å². The highest BCUT2D eigenvalue weighted by Gasteiger charge is 2.10. The van der Waals surface area contributed by atoms with Crippen LogP contribution in [0.1, 0.15) is 34.6 Å². The molecular formula is C23H26N4O2S. The molecule has 1 aromatic carbocycles. The summed E-state index contributed by atoms with van der Waals surface area (Å²) in [6.45, 7) is 4.86. The van der Waals surface area contributed by atoms with E-state index in [0.29, 0.717) is 26.0 Å². The van der Waals surface area contributed by atoms with E-state index in [1.54, 1.807) is 6.20 Å². The van der Waals surface area contributed by atoms with Crippen molar-refractivity contribution in [1.82, 2.24) is 20.3 Å². The molecule has 0 saturated carbocycles. The molecule has 6 nitrogen and oxygen atoms in total. The van der Waals surface area contributed by atoms with Crippen LogP contribution in [0.25, 0.3) is 0 Å². The largest absolute Gasteiger partial charge is 0.487 e. The Balaban J connectivity index is 1.44. The molecule has 0 unspecified atom stereocenters. The Kier molecular flexibility index (Phi) is 7.79. The van der Waals surface area contributed by atoms with E-state index in [9.17, 15) is 4.79 Å². The number of rotatable bonds is 9. The molecular weight excluding hydrogens is 396 g/mol. The highest BCUT2D eigenvalue weighted by Crippen LogP contribution is 2.17. The molecule has 0 aliphatic heterocycles. The number of carbonyl (C=O) groups is 1. The molecule has 2 aromatic heterocycles. The van der Waals surface area contributed by atoms with E-state index < -0.39 is 0 Å². The summed E-state index contributed by atoms with van der Waals surface area (Å²) in [5.74, 6) is 0.786. The zero-order valence-corrected chi connectivity index (χ0v) is 18.3. The maximum atomic E-state index is 12.3. The number of nitrogens with one attached hydrogen (secondary N) is 1. The van der Waals surface area contributed by atoms with Gasteiger partial charge in [0.25, 0.3) is 0 Å². The van der Waals surface area contributed by atoms with Crippen molar-refractivity contribution in [3.63, 3.8) is 0 Å². The number of aromatic nitrogens is 3. The number of benzene rings is 1. The molecule has 0 aliphatic rings. The zero-order valence-electron chi connectivity index (χ0n) is 17.5. The lowest BCUT2D eigenvalue weighted by Crippen LogP contribution is -2.23. The van der Waals surface area contributed by atoms with Crippen molar-refractivity contribution in [2.24, 2.45) is 0 Å². The number of ether oxygens (including phenoxy) is 1. The van der Waals surface area contributed by atoms with Crippen LogP contribution in [-0.4, -0.2) is 27.1 Å². The maximum absolute atomic E-state index is 12.3. The first-order valence-electron chi connectivity index (χ1n) is 9.81. The lowest BCUT2D eigenvalue weighted by atomic mass is 10.1. The first kappa shape index (κ1) is 21.8. The number of amides is 1. The van der Waals surface area contributed by atoms with Crippen LogP contribution in [0, 0.1) is 13.8 Å². The molecule has 0 bridgehead atoms. The van der Waals surface area contributed by atoms with Gasteiger partial charge in [-0.15, -0.1) is 0 Å². The molecule has 0 spiro atoms. The molecule has 2 heterocycles. The molecule has 3 aromatic rings. The molecule has 0 radical (unpaired) electrons. The van der Waals surface area contributed by atoms with Crippen LogP contribution in [0.2, 0.25) is 0 Å². The molecule has 0 saturated heterocycles. The number of nitrogens with zero attached hydrogens (tertiary/aromatic N) is 3. The fourth-order valence-electron chi connectivity index (χ4n) is 3.03. The van der Waals surface area contributed by atoms with Gasteiger partial charge in [-0.1, -0.05) is 30.0 Å². The first-order chi connectivity index (χ1) is 14.5. The smallest absolute Gasteiger partial charge is 0.220 e. The van der Waals surface area contributed by atoms with Crippen molar-refractivity contribution >= 4 is 17.7 Å². The Hall–Kier alpha value is -2.93. The van der Waals surface area contributed by atoms with E-state index in [4.69, 9.17) is 4.74 Å². The van der Waals surface area contributed by atoms with Gasteiger partial charge in [-0.2, -0.15) is 0 Å². The summed E-state index contributed by atoms with van der Waals surface area (Å²) in [7, 11) is 0. The van der Waals surface area contributed by atoms with Crippen LogP contribution in [0.3, 0.4) is 0 Å². The van der Waals surface area contributed by atoms with Gasteiger partial charge in [-0.3, -0.25) is 9.78 Å². The lowest BCUT2D eigenvalue weighted by molar-refractivity contribution is -0.121. The monoisotopic (exact) mass is 422 g/mol. The minimum Gasteiger partial charge on any atom is -0.487 e. The Bertz CT molecular complexity index is 955. The molecule has 1 N–H and O–H groups in total. The first-order valence-corrected chi connectivity index (χ1v) is 11.0. The number of hydrogen-bond donors (Lipinski definition) is 1. The van der Waals surface area contributed by atoms with E-state index in [-0.39, 0.29) is 5.91 Å². The van der Waals surface area contributed by atoms with Gasteiger partial charge in [0.05, 0.1) is 5.69 Å². The third kappa shape index (κ3) is 6.29. The van der Waals surface area contributed by atoms with Crippen molar-refractivity contribution < 1.29 is 9.53 Å². The number of hydrogen-bond acceptors (Lipinski definition) is 6. The van der Waals surface area contributed by atoms with Gasteiger partial charge in [0.15, 0.2) is 5.16 Å². The van der Waals surface area contributed by atoms with Gasteiger partial charge < -0.3 is 10.1 Å². The number of carbonyl (C=O) groups excluding carboxylic acids is 1. The van der Waals surface area contributed by atoms with Gasteiger partial charge in [0.2, 0.25) is 5.91 Å². The average molecular weight is 423 g/mol. The molecule has 0 atom stereocenters. The Morgan fingerprint density at radius 1 is 1.07 bits per heavy atom. The molecule has 0 aliphatic carbocycles. The van der Waals surface area contributed by atoms with Crippen molar-refractivity contribution in [2.75, 3.05) is 6.26 Å². The van der Waals surface area contributed by atoms with Gasteiger partial charge in [0.1, 0.15) is 12.4 Å².